The molecule has 0 spiro atoms. The summed E-state index contributed by atoms with van der Waals surface area (Å²) in [5, 5.41) is 0. The first kappa shape index (κ1) is 12.9. The van der Waals surface area contributed by atoms with Crippen LogP contribution in [0.2, 0.25) is 0 Å². The molecule has 1 aromatic carbocycles. The van der Waals surface area contributed by atoms with Crippen molar-refractivity contribution in [1.82, 2.24) is 9.97 Å². The lowest BCUT2D eigenvalue weighted by Gasteiger charge is -2.11. The van der Waals surface area contributed by atoms with Crippen molar-refractivity contribution >= 4 is 5.82 Å². The quantitative estimate of drug-likeness (QED) is 0.922. The van der Waals surface area contributed by atoms with Crippen LogP contribution in [0.15, 0.2) is 36.4 Å². The van der Waals surface area contributed by atoms with Gasteiger partial charge in [0.25, 0.3) is 0 Å². The Bertz CT molecular complexity index is 569. The topological polar surface area (TPSA) is 70.3 Å². The van der Waals surface area contributed by atoms with Gasteiger partial charge < -0.3 is 15.2 Å². The zero-order valence-corrected chi connectivity index (χ0v) is 11.2. The molecule has 1 unspecified atom stereocenters. The van der Waals surface area contributed by atoms with Crippen LogP contribution in [-0.2, 0) is 4.74 Å². The van der Waals surface area contributed by atoms with E-state index in [1.165, 1.54) is 0 Å². The molecule has 5 heteroatoms. The largest absolute Gasteiger partial charge is 0.477 e. The Hall–Kier alpha value is -2.14. The van der Waals surface area contributed by atoms with Crippen LogP contribution in [-0.4, -0.2) is 29.8 Å². The number of rotatable bonds is 4. The third-order valence-electron chi connectivity index (χ3n) is 3.25. The monoisotopic (exact) mass is 271 g/mol. The highest BCUT2D eigenvalue weighted by Gasteiger charge is 2.17. The summed E-state index contributed by atoms with van der Waals surface area (Å²) in [6.07, 6.45) is 1.03. The Morgan fingerprint density at radius 1 is 1.25 bits per heavy atom. The van der Waals surface area contributed by atoms with Crippen molar-refractivity contribution in [1.29, 1.82) is 0 Å². The summed E-state index contributed by atoms with van der Waals surface area (Å²) >= 11 is 0. The third kappa shape index (κ3) is 3.05. The minimum absolute atomic E-state index is 0.413. The second kappa shape index (κ2) is 5.88. The predicted molar refractivity (Wildman–Crippen MR) is 76.3 cm³/mol. The van der Waals surface area contributed by atoms with Gasteiger partial charge in [0.2, 0.25) is 5.88 Å². The summed E-state index contributed by atoms with van der Waals surface area (Å²) in [4.78, 5) is 8.66. The average molecular weight is 271 g/mol. The Kier molecular flexibility index (Phi) is 3.78. The number of nitrogens with zero attached hydrogens (tertiary/aromatic N) is 2. The standard InChI is InChI=1S/C15H17N3O2/c16-13-8-14(20-10-11-6-7-19-9-11)18-15(17-13)12-4-2-1-3-5-12/h1-5,8,11H,6-7,9-10H2,(H2,16,17,18). The van der Waals surface area contributed by atoms with Crippen molar-refractivity contribution in [3.8, 4) is 17.3 Å². The van der Waals surface area contributed by atoms with Gasteiger partial charge >= 0.3 is 0 Å². The van der Waals surface area contributed by atoms with E-state index in [9.17, 15) is 0 Å². The fourth-order valence-corrected chi connectivity index (χ4v) is 2.15. The van der Waals surface area contributed by atoms with Crippen LogP contribution >= 0.6 is 0 Å². The van der Waals surface area contributed by atoms with Crippen molar-refractivity contribution in [2.75, 3.05) is 25.6 Å². The molecule has 0 radical (unpaired) electrons. The maximum Gasteiger partial charge on any atom is 0.219 e. The summed E-state index contributed by atoms with van der Waals surface area (Å²) in [6, 6.07) is 11.4. The van der Waals surface area contributed by atoms with E-state index < -0.39 is 0 Å². The highest BCUT2D eigenvalue weighted by molar-refractivity contribution is 5.57. The van der Waals surface area contributed by atoms with E-state index in [-0.39, 0.29) is 0 Å². The first-order valence-corrected chi connectivity index (χ1v) is 6.72. The Balaban J connectivity index is 1.76. The highest BCUT2D eigenvalue weighted by Crippen LogP contribution is 2.21. The van der Waals surface area contributed by atoms with Crippen molar-refractivity contribution in [3.05, 3.63) is 36.4 Å². The zero-order chi connectivity index (χ0) is 13.8. The van der Waals surface area contributed by atoms with Crippen LogP contribution in [0.4, 0.5) is 5.82 Å². The van der Waals surface area contributed by atoms with Gasteiger partial charge in [0.15, 0.2) is 5.82 Å². The average Bonchev–Trinajstić information content (AvgIpc) is 2.99. The molecule has 1 aliphatic rings. The maximum absolute atomic E-state index is 5.82. The number of hydrogen-bond donors (Lipinski definition) is 1. The van der Waals surface area contributed by atoms with E-state index in [1.807, 2.05) is 30.3 Å². The number of ether oxygens (including phenoxy) is 2. The molecule has 104 valence electrons. The lowest BCUT2D eigenvalue weighted by molar-refractivity contribution is 0.165. The van der Waals surface area contributed by atoms with E-state index >= 15 is 0 Å². The molecular weight excluding hydrogens is 254 g/mol. The van der Waals surface area contributed by atoms with Crippen molar-refractivity contribution in [3.63, 3.8) is 0 Å². The SMILES string of the molecule is Nc1cc(OCC2CCOC2)nc(-c2ccccc2)n1. The minimum Gasteiger partial charge on any atom is -0.477 e. The molecule has 1 aliphatic heterocycles. The van der Waals surface area contributed by atoms with E-state index in [1.54, 1.807) is 6.07 Å². The normalized spacial score (nSPS) is 18.1. The second-order valence-corrected chi connectivity index (χ2v) is 4.86. The first-order chi connectivity index (χ1) is 9.81. The number of benzene rings is 1. The van der Waals surface area contributed by atoms with Crippen molar-refractivity contribution in [2.24, 2.45) is 5.92 Å². The summed E-state index contributed by atoms with van der Waals surface area (Å²) in [5.74, 6) is 1.95. The Morgan fingerprint density at radius 3 is 2.85 bits per heavy atom. The van der Waals surface area contributed by atoms with Crippen molar-refractivity contribution in [2.45, 2.75) is 6.42 Å². The fraction of sp³-hybridized carbons (Fsp3) is 0.333. The van der Waals surface area contributed by atoms with Crippen molar-refractivity contribution < 1.29 is 9.47 Å². The van der Waals surface area contributed by atoms with Gasteiger partial charge in [-0.2, -0.15) is 4.98 Å². The predicted octanol–water partition coefficient (Wildman–Crippen LogP) is 2.14. The molecule has 5 nitrogen and oxygen atoms in total. The molecule has 0 saturated carbocycles. The van der Waals surface area contributed by atoms with E-state index in [0.29, 0.717) is 30.0 Å². The van der Waals surface area contributed by atoms with Gasteiger partial charge in [0.1, 0.15) is 5.82 Å². The molecule has 3 rings (SSSR count). The van der Waals surface area contributed by atoms with Crippen LogP contribution < -0.4 is 10.5 Å². The number of nitrogens with two attached hydrogens (primary N) is 1. The summed E-state index contributed by atoms with van der Waals surface area (Å²) < 4.78 is 11.0. The Morgan fingerprint density at radius 2 is 2.10 bits per heavy atom. The molecule has 1 fully saturated rings. The summed E-state index contributed by atoms with van der Waals surface area (Å²) in [5.41, 5.74) is 6.75. The van der Waals surface area contributed by atoms with Gasteiger partial charge in [-0.1, -0.05) is 30.3 Å². The van der Waals surface area contributed by atoms with Gasteiger partial charge in [0, 0.05) is 24.2 Å². The smallest absolute Gasteiger partial charge is 0.219 e. The number of anilines is 1. The van der Waals surface area contributed by atoms with Crippen LogP contribution in [0.3, 0.4) is 0 Å². The van der Waals surface area contributed by atoms with Gasteiger partial charge in [-0.05, 0) is 6.42 Å². The van der Waals surface area contributed by atoms with Gasteiger partial charge in [0.05, 0.1) is 13.2 Å². The molecule has 2 N–H and O–H groups in total. The second-order valence-electron chi connectivity index (χ2n) is 4.86. The van der Waals surface area contributed by atoms with E-state index in [0.717, 1.165) is 25.2 Å². The molecule has 2 aromatic rings. The Labute approximate surface area is 117 Å². The molecule has 0 bridgehead atoms. The van der Waals surface area contributed by atoms with Gasteiger partial charge in [-0.25, -0.2) is 4.98 Å². The molecular formula is C15H17N3O2. The van der Waals surface area contributed by atoms with Crippen LogP contribution in [0.25, 0.3) is 11.4 Å². The highest BCUT2D eigenvalue weighted by atomic mass is 16.5. The molecule has 0 aliphatic carbocycles. The molecule has 1 atom stereocenters. The lowest BCUT2D eigenvalue weighted by Crippen LogP contribution is -2.13. The molecule has 20 heavy (non-hydrogen) atoms. The molecule has 1 saturated heterocycles. The zero-order valence-electron chi connectivity index (χ0n) is 11.2. The lowest BCUT2D eigenvalue weighted by atomic mass is 10.1. The van der Waals surface area contributed by atoms with E-state index in [4.69, 9.17) is 15.2 Å². The number of hydrogen-bond acceptors (Lipinski definition) is 5. The van der Waals surface area contributed by atoms with Crippen LogP contribution in [0, 0.1) is 5.92 Å². The van der Waals surface area contributed by atoms with Crippen LogP contribution in [0.1, 0.15) is 6.42 Å². The van der Waals surface area contributed by atoms with Crippen LogP contribution in [0.5, 0.6) is 5.88 Å². The number of aromatic nitrogens is 2. The molecule has 2 heterocycles. The molecule has 1 aromatic heterocycles. The minimum atomic E-state index is 0.413. The molecule has 0 amide bonds. The summed E-state index contributed by atoms with van der Waals surface area (Å²) in [6.45, 7) is 2.17. The van der Waals surface area contributed by atoms with E-state index in [2.05, 4.69) is 9.97 Å². The number of nitrogen functional groups attached to an aromatic ring is 1. The summed E-state index contributed by atoms with van der Waals surface area (Å²) in [7, 11) is 0. The first-order valence-electron chi connectivity index (χ1n) is 6.72. The third-order valence-corrected chi connectivity index (χ3v) is 3.25. The van der Waals surface area contributed by atoms with Gasteiger partial charge in [-0.3, -0.25) is 0 Å². The van der Waals surface area contributed by atoms with Gasteiger partial charge in [-0.15, -0.1) is 0 Å². The fourth-order valence-electron chi connectivity index (χ4n) is 2.15. The maximum atomic E-state index is 5.82.